The summed E-state index contributed by atoms with van der Waals surface area (Å²) in [4.78, 5) is 0. The molecular weight excluding hydrogens is 318 g/mol. The zero-order chi connectivity index (χ0) is 17.1. The summed E-state index contributed by atoms with van der Waals surface area (Å²) in [6, 6.07) is 6.53. The summed E-state index contributed by atoms with van der Waals surface area (Å²) in [7, 11) is -3.39. The maximum Gasteiger partial charge on any atom is 0.185 e. The molecule has 2 unspecified atom stereocenters. The number of nitrogens with one attached hydrogen (secondary N) is 1. The largest absolute Gasteiger partial charge is 0.407 e. The van der Waals surface area contributed by atoms with E-state index in [-0.39, 0.29) is 11.2 Å². The van der Waals surface area contributed by atoms with Crippen LogP contribution in [0.5, 0.6) is 0 Å². The molecule has 1 saturated carbocycles. The molecule has 0 saturated heterocycles. The van der Waals surface area contributed by atoms with Crippen LogP contribution in [0.3, 0.4) is 0 Å². The van der Waals surface area contributed by atoms with Crippen molar-refractivity contribution in [3.05, 3.63) is 29.3 Å². The predicted octanol–water partition coefficient (Wildman–Crippen LogP) is 4.85. The highest BCUT2D eigenvalue weighted by Crippen LogP contribution is 2.61. The highest BCUT2D eigenvalue weighted by molar-refractivity contribution is 6.70. The van der Waals surface area contributed by atoms with Gasteiger partial charge in [-0.3, -0.25) is 0 Å². The van der Waals surface area contributed by atoms with Crippen LogP contribution >= 0.6 is 0 Å². The highest BCUT2D eigenvalue weighted by Gasteiger charge is 2.66. The van der Waals surface area contributed by atoms with Crippen LogP contribution in [-0.2, 0) is 14.5 Å². The van der Waals surface area contributed by atoms with Crippen LogP contribution in [0.2, 0.25) is 39.3 Å². The van der Waals surface area contributed by atoms with Crippen LogP contribution in [0.1, 0.15) is 24.0 Å². The van der Waals surface area contributed by atoms with Crippen molar-refractivity contribution in [1.29, 1.82) is 0 Å². The summed E-state index contributed by atoms with van der Waals surface area (Å²) in [5.41, 5.74) is 3.44. The molecule has 1 fully saturated rings. The summed E-state index contributed by atoms with van der Waals surface area (Å²) in [6.45, 7) is 16.8. The van der Waals surface area contributed by atoms with Gasteiger partial charge in [-0.15, -0.1) is 0 Å². The Bertz CT molecular complexity index is 620. The van der Waals surface area contributed by atoms with E-state index in [1.807, 2.05) is 0 Å². The predicted molar refractivity (Wildman–Crippen MR) is 102 cm³/mol. The molecule has 1 aliphatic carbocycles. The van der Waals surface area contributed by atoms with Gasteiger partial charge in [0.1, 0.15) is 11.2 Å². The summed E-state index contributed by atoms with van der Waals surface area (Å²) in [5, 5.41) is 3.64. The molecule has 1 N–H and O–H groups in total. The van der Waals surface area contributed by atoms with E-state index in [9.17, 15) is 0 Å². The van der Waals surface area contributed by atoms with E-state index in [0.29, 0.717) is 0 Å². The summed E-state index contributed by atoms with van der Waals surface area (Å²) >= 11 is 0. The van der Waals surface area contributed by atoms with E-state index >= 15 is 0 Å². The van der Waals surface area contributed by atoms with Crippen LogP contribution in [0.25, 0.3) is 0 Å². The molecule has 23 heavy (non-hydrogen) atoms. The molecule has 0 radical (unpaired) electrons. The maximum absolute atomic E-state index is 6.92. The standard InChI is InChI=1S/C18H31NO2Si2/c1-14-9-8-10-15-16(14)18(21-23(5,6)7)12-11-17(18,13-19-15)20-22(2,3)4/h8-10,19H,11-13H2,1-7H3. The number of hydrogen-bond donors (Lipinski definition) is 1. The SMILES string of the molecule is Cc1cccc2c1C1(O[Si](C)(C)C)CCC1(O[Si](C)(C)C)CN2. The van der Waals surface area contributed by atoms with Crippen molar-refractivity contribution in [1.82, 2.24) is 0 Å². The van der Waals surface area contributed by atoms with Crippen molar-refractivity contribution in [3.63, 3.8) is 0 Å². The molecule has 3 nitrogen and oxygen atoms in total. The van der Waals surface area contributed by atoms with E-state index in [4.69, 9.17) is 8.85 Å². The first kappa shape index (κ1) is 17.2. The lowest BCUT2D eigenvalue weighted by atomic mass is 9.59. The van der Waals surface area contributed by atoms with Crippen molar-refractivity contribution in [3.8, 4) is 0 Å². The number of benzene rings is 1. The first-order valence-corrected chi connectivity index (χ1v) is 15.5. The lowest BCUT2D eigenvalue weighted by Gasteiger charge is -2.65. The van der Waals surface area contributed by atoms with Gasteiger partial charge in [0.2, 0.25) is 0 Å². The Hall–Kier alpha value is -0.626. The molecule has 2 aliphatic rings. The molecule has 1 aliphatic heterocycles. The Kier molecular flexibility index (Phi) is 3.88. The van der Waals surface area contributed by atoms with Crippen LogP contribution in [0.15, 0.2) is 18.2 Å². The van der Waals surface area contributed by atoms with Crippen LogP contribution in [0, 0.1) is 6.92 Å². The zero-order valence-electron chi connectivity index (χ0n) is 15.7. The van der Waals surface area contributed by atoms with E-state index < -0.39 is 16.6 Å². The third-order valence-corrected chi connectivity index (χ3v) is 6.80. The fraction of sp³-hybridized carbons (Fsp3) is 0.667. The zero-order valence-corrected chi connectivity index (χ0v) is 17.7. The monoisotopic (exact) mass is 349 g/mol. The van der Waals surface area contributed by atoms with Gasteiger partial charge in [0.15, 0.2) is 16.6 Å². The molecule has 2 atom stereocenters. The summed E-state index contributed by atoms with van der Waals surface area (Å²) in [5.74, 6) is 0. The Labute approximate surface area is 143 Å². The van der Waals surface area contributed by atoms with Crippen LogP contribution in [-0.4, -0.2) is 28.8 Å². The van der Waals surface area contributed by atoms with Gasteiger partial charge in [0, 0.05) is 17.8 Å². The molecule has 0 bridgehead atoms. The lowest BCUT2D eigenvalue weighted by molar-refractivity contribution is -0.202. The Morgan fingerprint density at radius 1 is 0.957 bits per heavy atom. The van der Waals surface area contributed by atoms with Crippen molar-refractivity contribution in [2.75, 3.05) is 11.9 Å². The minimum absolute atomic E-state index is 0.198. The van der Waals surface area contributed by atoms with Crippen molar-refractivity contribution in [2.45, 2.75) is 70.2 Å². The topological polar surface area (TPSA) is 30.5 Å². The number of rotatable bonds is 4. The van der Waals surface area contributed by atoms with Crippen LogP contribution in [0.4, 0.5) is 5.69 Å². The molecular formula is C18H31NO2Si2. The molecule has 1 heterocycles. The Morgan fingerprint density at radius 2 is 1.61 bits per heavy atom. The fourth-order valence-electron chi connectivity index (χ4n) is 4.28. The van der Waals surface area contributed by atoms with Gasteiger partial charge in [-0.2, -0.15) is 0 Å². The molecule has 5 heteroatoms. The number of anilines is 1. The Morgan fingerprint density at radius 3 is 2.13 bits per heavy atom. The maximum atomic E-state index is 6.92. The molecule has 0 amide bonds. The normalized spacial score (nSPS) is 30.0. The van der Waals surface area contributed by atoms with Gasteiger partial charge in [-0.25, -0.2) is 0 Å². The smallest absolute Gasteiger partial charge is 0.185 e. The molecule has 1 aromatic carbocycles. The molecule has 0 spiro atoms. The second kappa shape index (κ2) is 5.18. The molecule has 128 valence electrons. The first-order chi connectivity index (χ1) is 10.5. The van der Waals surface area contributed by atoms with Crippen molar-refractivity contribution < 1.29 is 8.85 Å². The van der Waals surface area contributed by atoms with E-state index in [1.54, 1.807) is 0 Å². The summed E-state index contributed by atoms with van der Waals surface area (Å²) < 4.78 is 13.7. The minimum atomic E-state index is -1.71. The van der Waals surface area contributed by atoms with Crippen LogP contribution < -0.4 is 5.32 Å². The second-order valence-corrected chi connectivity index (χ2v) is 18.0. The minimum Gasteiger partial charge on any atom is -0.407 e. The van der Waals surface area contributed by atoms with Gasteiger partial charge in [0.05, 0.1) is 0 Å². The van der Waals surface area contributed by atoms with Gasteiger partial charge < -0.3 is 14.2 Å². The molecule has 3 rings (SSSR count). The van der Waals surface area contributed by atoms with Gasteiger partial charge >= 0.3 is 0 Å². The molecule has 1 aromatic rings. The van der Waals surface area contributed by atoms with Gasteiger partial charge in [-0.05, 0) is 70.7 Å². The fourth-order valence-corrected chi connectivity index (χ4v) is 7.22. The summed E-state index contributed by atoms with van der Waals surface area (Å²) in [6.07, 6.45) is 2.16. The number of hydrogen-bond acceptors (Lipinski definition) is 3. The van der Waals surface area contributed by atoms with E-state index in [2.05, 4.69) is 69.7 Å². The first-order valence-electron chi connectivity index (χ1n) is 8.72. The van der Waals surface area contributed by atoms with Crippen molar-refractivity contribution in [2.24, 2.45) is 0 Å². The molecule has 0 aromatic heterocycles. The highest BCUT2D eigenvalue weighted by atomic mass is 28.4. The Balaban J connectivity index is 2.15. The second-order valence-electron chi connectivity index (χ2n) is 9.10. The average Bonchev–Trinajstić information content (AvgIpc) is 2.36. The lowest BCUT2D eigenvalue weighted by Crippen LogP contribution is -2.72. The quantitative estimate of drug-likeness (QED) is 0.788. The third-order valence-electron chi connectivity index (χ3n) is 4.84. The number of fused-ring (bicyclic) bond motifs is 3. The van der Waals surface area contributed by atoms with E-state index in [1.165, 1.54) is 16.8 Å². The van der Waals surface area contributed by atoms with Crippen molar-refractivity contribution >= 4 is 22.3 Å². The average molecular weight is 350 g/mol. The van der Waals surface area contributed by atoms with Gasteiger partial charge in [-0.1, -0.05) is 12.1 Å². The third kappa shape index (κ3) is 2.82. The van der Waals surface area contributed by atoms with E-state index in [0.717, 1.165) is 19.4 Å². The number of aryl methyl sites for hydroxylation is 1. The van der Waals surface area contributed by atoms with Gasteiger partial charge in [0.25, 0.3) is 0 Å².